The van der Waals surface area contributed by atoms with Crippen molar-refractivity contribution < 1.29 is 0 Å². The van der Waals surface area contributed by atoms with E-state index in [4.69, 9.17) is 16.6 Å². The number of hydrogen-bond donors (Lipinski definition) is 1. The number of aromatic nitrogens is 2. The number of aromatic amines is 1. The Kier molecular flexibility index (Phi) is 6.82. The fourth-order valence-corrected chi connectivity index (χ4v) is 5.33. The van der Waals surface area contributed by atoms with Gasteiger partial charge in [0.25, 0.3) is 0 Å². The van der Waals surface area contributed by atoms with Crippen molar-refractivity contribution in [3.63, 3.8) is 0 Å². The first-order valence-electron chi connectivity index (χ1n) is 12.0. The molecule has 174 valence electrons. The number of aryl methyl sites for hydroxylation is 1. The van der Waals surface area contributed by atoms with E-state index in [0.29, 0.717) is 0 Å². The Labute approximate surface area is 207 Å². The number of piperazine rings is 1. The molecule has 4 nitrogen and oxygen atoms in total. The molecule has 1 aromatic heterocycles. The van der Waals surface area contributed by atoms with Crippen molar-refractivity contribution in [3.05, 3.63) is 112 Å². The summed E-state index contributed by atoms with van der Waals surface area (Å²) in [7, 11) is 0. The average molecular weight is 471 g/mol. The van der Waals surface area contributed by atoms with E-state index in [0.717, 1.165) is 54.0 Å². The molecule has 3 aromatic carbocycles. The monoisotopic (exact) mass is 470 g/mol. The van der Waals surface area contributed by atoms with Crippen molar-refractivity contribution in [1.82, 2.24) is 19.8 Å². The highest BCUT2D eigenvalue weighted by atomic mass is 35.5. The molecule has 0 bridgehead atoms. The van der Waals surface area contributed by atoms with Crippen LogP contribution in [-0.4, -0.2) is 45.9 Å². The van der Waals surface area contributed by atoms with Gasteiger partial charge in [0.15, 0.2) is 0 Å². The molecule has 0 spiro atoms. The molecule has 0 radical (unpaired) electrons. The molecule has 1 fully saturated rings. The zero-order valence-electron chi connectivity index (χ0n) is 19.8. The topological polar surface area (TPSA) is 35.2 Å². The zero-order valence-corrected chi connectivity index (χ0v) is 20.5. The molecule has 1 aliphatic heterocycles. The van der Waals surface area contributed by atoms with Gasteiger partial charge >= 0.3 is 0 Å². The van der Waals surface area contributed by atoms with E-state index in [9.17, 15) is 0 Å². The maximum atomic E-state index is 6.42. The van der Waals surface area contributed by atoms with Gasteiger partial charge in [-0.2, -0.15) is 0 Å². The second kappa shape index (κ2) is 10.1. The third-order valence-corrected chi connectivity index (χ3v) is 7.27. The summed E-state index contributed by atoms with van der Waals surface area (Å²) in [6.45, 7) is 8.41. The van der Waals surface area contributed by atoms with Crippen LogP contribution < -0.4 is 0 Å². The summed E-state index contributed by atoms with van der Waals surface area (Å²) in [4.78, 5) is 13.6. The molecular formula is C29H31ClN4. The molecule has 34 heavy (non-hydrogen) atoms. The van der Waals surface area contributed by atoms with Gasteiger partial charge in [-0.1, -0.05) is 84.4 Å². The van der Waals surface area contributed by atoms with Crippen LogP contribution >= 0.6 is 11.6 Å². The summed E-state index contributed by atoms with van der Waals surface area (Å²) >= 11 is 6.42. The van der Waals surface area contributed by atoms with E-state index >= 15 is 0 Å². The van der Waals surface area contributed by atoms with Crippen LogP contribution in [-0.2, 0) is 0 Å². The van der Waals surface area contributed by atoms with Gasteiger partial charge in [0.05, 0.1) is 22.8 Å². The van der Waals surface area contributed by atoms with Gasteiger partial charge in [-0.15, -0.1) is 0 Å². The zero-order chi connectivity index (χ0) is 23.5. The van der Waals surface area contributed by atoms with Crippen molar-refractivity contribution >= 4 is 11.6 Å². The third kappa shape index (κ3) is 4.67. The van der Waals surface area contributed by atoms with Gasteiger partial charge in [0, 0.05) is 37.4 Å². The molecule has 1 N–H and O–H groups in total. The van der Waals surface area contributed by atoms with Crippen LogP contribution in [0.1, 0.15) is 41.5 Å². The highest BCUT2D eigenvalue weighted by Gasteiger charge is 2.30. The van der Waals surface area contributed by atoms with Gasteiger partial charge in [0.1, 0.15) is 5.82 Å². The van der Waals surface area contributed by atoms with Crippen molar-refractivity contribution in [3.8, 4) is 11.4 Å². The first-order chi connectivity index (χ1) is 16.6. The highest BCUT2D eigenvalue weighted by molar-refractivity contribution is 6.33. The molecule has 0 saturated carbocycles. The Morgan fingerprint density at radius 3 is 1.88 bits per heavy atom. The third-order valence-electron chi connectivity index (χ3n) is 6.94. The van der Waals surface area contributed by atoms with Crippen LogP contribution in [0.15, 0.2) is 84.9 Å². The molecule has 1 atom stereocenters. The van der Waals surface area contributed by atoms with E-state index in [1.807, 2.05) is 24.3 Å². The summed E-state index contributed by atoms with van der Waals surface area (Å²) in [5, 5.41) is 0.719. The second-order valence-corrected chi connectivity index (χ2v) is 9.45. The minimum atomic E-state index is 0.238. The largest absolute Gasteiger partial charge is 0.342 e. The van der Waals surface area contributed by atoms with E-state index in [2.05, 4.69) is 89.3 Å². The molecule has 2 heterocycles. The van der Waals surface area contributed by atoms with Crippen LogP contribution in [0.3, 0.4) is 0 Å². The predicted molar refractivity (Wildman–Crippen MR) is 140 cm³/mol. The average Bonchev–Trinajstić information content (AvgIpc) is 3.27. The Morgan fingerprint density at radius 2 is 1.29 bits per heavy atom. The van der Waals surface area contributed by atoms with E-state index in [-0.39, 0.29) is 12.1 Å². The Morgan fingerprint density at radius 1 is 0.765 bits per heavy atom. The fraction of sp³-hybridized carbons (Fsp3) is 0.276. The summed E-state index contributed by atoms with van der Waals surface area (Å²) < 4.78 is 0. The molecule has 0 amide bonds. The summed E-state index contributed by atoms with van der Waals surface area (Å²) in [6, 6.07) is 30.1. The standard InChI is InChI=1S/C29H31ClN4/c1-21-27(32-29(31-21)25-15-9-10-16-26(25)30)22(2)33-17-19-34(20-18-33)28(23-11-5-3-6-12-23)24-13-7-4-8-14-24/h3-16,22,28H,17-20H2,1-2H3,(H,31,32). The molecule has 1 saturated heterocycles. The van der Waals surface area contributed by atoms with Gasteiger partial charge in [0.2, 0.25) is 0 Å². The smallest absolute Gasteiger partial charge is 0.139 e. The van der Waals surface area contributed by atoms with E-state index in [1.165, 1.54) is 11.1 Å². The summed E-state index contributed by atoms with van der Waals surface area (Å²) in [5.74, 6) is 0.844. The lowest BCUT2D eigenvalue weighted by Crippen LogP contribution is -2.48. The minimum absolute atomic E-state index is 0.238. The number of nitrogens with one attached hydrogen (secondary N) is 1. The SMILES string of the molecule is Cc1[nH]c(-c2ccccc2Cl)nc1C(C)N1CCN(C(c2ccccc2)c2ccccc2)CC1. The van der Waals surface area contributed by atoms with Crippen LogP contribution in [0, 0.1) is 6.92 Å². The maximum Gasteiger partial charge on any atom is 0.139 e. The first-order valence-corrected chi connectivity index (χ1v) is 12.4. The first kappa shape index (κ1) is 22.9. The fourth-order valence-electron chi connectivity index (χ4n) is 5.10. The van der Waals surface area contributed by atoms with Crippen molar-refractivity contribution in [2.24, 2.45) is 0 Å². The lowest BCUT2D eigenvalue weighted by molar-refractivity contribution is 0.0826. The number of H-pyrrole nitrogens is 1. The lowest BCUT2D eigenvalue weighted by atomic mass is 9.96. The molecule has 5 heteroatoms. The minimum Gasteiger partial charge on any atom is -0.342 e. The molecular weight excluding hydrogens is 440 g/mol. The molecule has 5 rings (SSSR count). The quantitative estimate of drug-likeness (QED) is 0.349. The number of imidazole rings is 1. The lowest BCUT2D eigenvalue weighted by Gasteiger charge is -2.41. The molecule has 1 unspecified atom stereocenters. The Balaban J connectivity index is 1.32. The Hall–Kier alpha value is -2.92. The van der Waals surface area contributed by atoms with Gasteiger partial charge in [-0.3, -0.25) is 9.80 Å². The van der Waals surface area contributed by atoms with Crippen LogP contribution in [0.2, 0.25) is 5.02 Å². The normalized spacial score (nSPS) is 16.1. The molecule has 4 aromatic rings. The number of nitrogens with zero attached hydrogens (tertiary/aromatic N) is 3. The molecule has 0 aliphatic carbocycles. The molecule has 1 aliphatic rings. The van der Waals surface area contributed by atoms with Crippen molar-refractivity contribution in [1.29, 1.82) is 0 Å². The van der Waals surface area contributed by atoms with Gasteiger partial charge < -0.3 is 4.98 Å². The maximum absolute atomic E-state index is 6.42. The van der Waals surface area contributed by atoms with Crippen molar-refractivity contribution in [2.45, 2.75) is 25.9 Å². The number of benzene rings is 3. The summed E-state index contributed by atoms with van der Waals surface area (Å²) in [6.07, 6.45) is 0. The van der Waals surface area contributed by atoms with E-state index in [1.54, 1.807) is 0 Å². The summed E-state index contributed by atoms with van der Waals surface area (Å²) in [5.41, 5.74) is 5.86. The van der Waals surface area contributed by atoms with Crippen LogP contribution in [0.25, 0.3) is 11.4 Å². The number of hydrogen-bond acceptors (Lipinski definition) is 3. The van der Waals surface area contributed by atoms with Crippen LogP contribution in [0.5, 0.6) is 0 Å². The van der Waals surface area contributed by atoms with Crippen LogP contribution in [0.4, 0.5) is 0 Å². The predicted octanol–water partition coefficient (Wildman–Crippen LogP) is 6.51. The van der Waals surface area contributed by atoms with E-state index < -0.39 is 0 Å². The van der Waals surface area contributed by atoms with Gasteiger partial charge in [-0.05, 0) is 37.1 Å². The van der Waals surface area contributed by atoms with Gasteiger partial charge in [-0.25, -0.2) is 4.98 Å². The highest BCUT2D eigenvalue weighted by Crippen LogP contribution is 2.33. The Bertz CT molecular complexity index is 1170. The van der Waals surface area contributed by atoms with Crippen molar-refractivity contribution in [2.75, 3.05) is 26.2 Å². The second-order valence-electron chi connectivity index (χ2n) is 9.05. The number of rotatable bonds is 6. The number of halogens is 1.